The van der Waals surface area contributed by atoms with Crippen LogP contribution in [0.3, 0.4) is 0 Å². The molecule has 0 spiro atoms. The average Bonchev–Trinajstić information content (AvgIpc) is 2.73. The lowest BCUT2D eigenvalue weighted by atomic mass is 10.2. The third-order valence-electron chi connectivity index (χ3n) is 4.16. The first-order chi connectivity index (χ1) is 14.0. The molecule has 1 N–H and O–H groups in total. The number of aryl methyl sites for hydroxylation is 1. The minimum Gasteiger partial charge on any atom is -0.495 e. The van der Waals surface area contributed by atoms with E-state index < -0.39 is 5.97 Å². The molecule has 0 unspecified atom stereocenters. The fraction of sp³-hybridized carbons (Fsp3) is 0.286. The van der Waals surface area contributed by atoms with E-state index in [-0.39, 0.29) is 18.1 Å². The molecule has 8 heteroatoms. The molecule has 0 saturated carbocycles. The summed E-state index contributed by atoms with van der Waals surface area (Å²) in [4.78, 5) is 21.7. The Kier molecular flexibility index (Phi) is 6.85. The monoisotopic (exact) mass is 415 g/mol. The largest absolute Gasteiger partial charge is 0.495 e. The minimum atomic E-state index is -0.588. The molecule has 0 aliphatic rings. The summed E-state index contributed by atoms with van der Waals surface area (Å²) in [7, 11) is 1.54. The van der Waals surface area contributed by atoms with Crippen LogP contribution in [0.25, 0.3) is 11.0 Å². The number of carbonyl (C=O) groups excluding carboxylic acids is 1. The second-order valence-electron chi connectivity index (χ2n) is 6.17. The van der Waals surface area contributed by atoms with E-state index in [0.717, 1.165) is 5.56 Å². The number of hydrogen-bond donors (Lipinski definition) is 1. The number of halogens is 1. The van der Waals surface area contributed by atoms with Crippen LogP contribution in [0.1, 0.15) is 23.0 Å². The predicted molar refractivity (Wildman–Crippen MR) is 112 cm³/mol. The Morgan fingerprint density at radius 2 is 1.86 bits per heavy atom. The van der Waals surface area contributed by atoms with Gasteiger partial charge in [0, 0.05) is 17.7 Å². The number of esters is 1. The Balaban J connectivity index is 1.99. The number of rotatable bonds is 8. The standard InChI is InChI=1S/C21H22ClN3O4/c1-4-28-9-10-29-21(26)19-20(24-16-8-6-5-7-15(16)23-19)25-17-11-13(2)14(22)12-18(17)27-3/h5-8,11-12H,4,9-10H2,1-3H3,(H,24,25). The topological polar surface area (TPSA) is 82.6 Å². The quantitative estimate of drug-likeness (QED) is 0.427. The Morgan fingerprint density at radius 3 is 2.55 bits per heavy atom. The van der Waals surface area contributed by atoms with Crippen molar-refractivity contribution in [1.82, 2.24) is 9.97 Å². The smallest absolute Gasteiger partial charge is 0.360 e. The number of anilines is 2. The summed E-state index contributed by atoms with van der Waals surface area (Å²) in [6, 6.07) is 10.8. The molecule has 7 nitrogen and oxygen atoms in total. The van der Waals surface area contributed by atoms with Gasteiger partial charge in [0.15, 0.2) is 11.5 Å². The molecule has 0 radical (unpaired) electrons. The number of benzene rings is 2. The maximum absolute atomic E-state index is 12.7. The fourth-order valence-electron chi connectivity index (χ4n) is 2.69. The van der Waals surface area contributed by atoms with Crippen LogP contribution in [0, 0.1) is 6.92 Å². The molecular weight excluding hydrogens is 394 g/mol. The highest BCUT2D eigenvalue weighted by atomic mass is 35.5. The first kappa shape index (κ1) is 20.8. The maximum atomic E-state index is 12.7. The molecule has 0 bridgehead atoms. The maximum Gasteiger partial charge on any atom is 0.360 e. The number of fused-ring (bicyclic) bond motifs is 1. The number of carbonyl (C=O) groups is 1. The van der Waals surface area contributed by atoms with Crippen molar-refractivity contribution >= 4 is 40.1 Å². The number of hydrogen-bond acceptors (Lipinski definition) is 7. The van der Waals surface area contributed by atoms with E-state index in [1.165, 1.54) is 0 Å². The van der Waals surface area contributed by atoms with Crippen LogP contribution in [0.2, 0.25) is 5.02 Å². The lowest BCUT2D eigenvalue weighted by Gasteiger charge is -2.15. The van der Waals surface area contributed by atoms with Gasteiger partial charge >= 0.3 is 5.97 Å². The van der Waals surface area contributed by atoms with E-state index in [1.807, 2.05) is 38.1 Å². The molecule has 1 heterocycles. The summed E-state index contributed by atoms with van der Waals surface area (Å²) in [5, 5.41) is 3.72. The van der Waals surface area contributed by atoms with Gasteiger partial charge in [-0.1, -0.05) is 23.7 Å². The van der Waals surface area contributed by atoms with E-state index in [2.05, 4.69) is 15.3 Å². The molecule has 0 amide bonds. The van der Waals surface area contributed by atoms with Crippen LogP contribution in [0.5, 0.6) is 5.75 Å². The highest BCUT2D eigenvalue weighted by Gasteiger charge is 2.20. The van der Waals surface area contributed by atoms with Crippen molar-refractivity contribution < 1.29 is 19.0 Å². The number of methoxy groups -OCH3 is 1. The predicted octanol–water partition coefficient (Wildman–Crippen LogP) is 4.54. The Hall–Kier alpha value is -2.90. The zero-order valence-electron chi connectivity index (χ0n) is 16.5. The highest BCUT2D eigenvalue weighted by Crippen LogP contribution is 2.33. The minimum absolute atomic E-state index is 0.0786. The van der Waals surface area contributed by atoms with E-state index in [9.17, 15) is 4.79 Å². The third-order valence-corrected chi connectivity index (χ3v) is 4.57. The van der Waals surface area contributed by atoms with Gasteiger partial charge in [0.2, 0.25) is 0 Å². The number of nitrogens with zero attached hydrogens (tertiary/aromatic N) is 2. The van der Waals surface area contributed by atoms with Gasteiger partial charge in [-0.05, 0) is 37.6 Å². The molecule has 2 aromatic carbocycles. The Bertz CT molecular complexity index is 1030. The lowest BCUT2D eigenvalue weighted by Crippen LogP contribution is -2.15. The van der Waals surface area contributed by atoms with E-state index in [4.69, 9.17) is 25.8 Å². The number of ether oxygens (including phenoxy) is 3. The molecule has 0 saturated heterocycles. The molecule has 0 aliphatic heterocycles. The molecule has 0 atom stereocenters. The lowest BCUT2D eigenvalue weighted by molar-refractivity contribution is 0.0330. The van der Waals surface area contributed by atoms with Gasteiger partial charge in [0.25, 0.3) is 0 Å². The van der Waals surface area contributed by atoms with Gasteiger partial charge in [-0.25, -0.2) is 14.8 Å². The SMILES string of the molecule is CCOCCOC(=O)c1nc2ccccc2nc1Nc1cc(C)c(Cl)cc1OC. The molecule has 3 rings (SSSR count). The zero-order valence-corrected chi connectivity index (χ0v) is 17.2. The first-order valence-electron chi connectivity index (χ1n) is 9.16. The van der Waals surface area contributed by atoms with Crippen LogP contribution in [-0.2, 0) is 9.47 Å². The first-order valence-corrected chi connectivity index (χ1v) is 9.54. The van der Waals surface area contributed by atoms with Crippen LogP contribution >= 0.6 is 11.6 Å². The van der Waals surface area contributed by atoms with Gasteiger partial charge in [0.1, 0.15) is 12.4 Å². The van der Waals surface area contributed by atoms with Gasteiger partial charge in [-0.3, -0.25) is 0 Å². The molecular formula is C21H22ClN3O4. The second-order valence-corrected chi connectivity index (χ2v) is 6.58. The van der Waals surface area contributed by atoms with Gasteiger partial charge in [0.05, 0.1) is 30.4 Å². The summed E-state index contributed by atoms with van der Waals surface area (Å²) >= 11 is 6.19. The molecule has 152 valence electrons. The molecule has 1 aromatic heterocycles. The van der Waals surface area contributed by atoms with Crippen molar-refractivity contribution in [3.8, 4) is 5.75 Å². The summed E-state index contributed by atoms with van der Waals surface area (Å²) in [5.41, 5.74) is 2.78. The van der Waals surface area contributed by atoms with E-state index in [0.29, 0.717) is 40.7 Å². The van der Waals surface area contributed by atoms with Crippen molar-refractivity contribution in [2.24, 2.45) is 0 Å². The molecule has 29 heavy (non-hydrogen) atoms. The highest BCUT2D eigenvalue weighted by molar-refractivity contribution is 6.31. The van der Waals surface area contributed by atoms with E-state index >= 15 is 0 Å². The number of nitrogens with one attached hydrogen (secondary N) is 1. The van der Waals surface area contributed by atoms with Crippen molar-refractivity contribution in [1.29, 1.82) is 0 Å². The van der Waals surface area contributed by atoms with Crippen LogP contribution in [-0.4, -0.2) is 42.9 Å². The van der Waals surface area contributed by atoms with Crippen molar-refractivity contribution in [3.05, 3.63) is 52.7 Å². The summed E-state index contributed by atoms with van der Waals surface area (Å²) in [5.74, 6) is 0.200. The number of aromatic nitrogens is 2. The summed E-state index contributed by atoms with van der Waals surface area (Å²) in [6.45, 7) is 4.75. The molecule has 0 aliphatic carbocycles. The second kappa shape index (κ2) is 9.54. The van der Waals surface area contributed by atoms with Crippen molar-refractivity contribution in [2.45, 2.75) is 13.8 Å². The van der Waals surface area contributed by atoms with E-state index in [1.54, 1.807) is 19.2 Å². The van der Waals surface area contributed by atoms with Crippen LogP contribution in [0.15, 0.2) is 36.4 Å². The van der Waals surface area contributed by atoms with Crippen molar-refractivity contribution in [3.63, 3.8) is 0 Å². The molecule has 0 fully saturated rings. The Morgan fingerprint density at radius 1 is 1.14 bits per heavy atom. The van der Waals surface area contributed by atoms with Crippen molar-refractivity contribution in [2.75, 3.05) is 32.2 Å². The van der Waals surface area contributed by atoms with Crippen LogP contribution < -0.4 is 10.1 Å². The average molecular weight is 416 g/mol. The zero-order chi connectivity index (χ0) is 20.8. The van der Waals surface area contributed by atoms with Crippen LogP contribution in [0.4, 0.5) is 11.5 Å². The third kappa shape index (κ3) is 4.93. The van der Waals surface area contributed by atoms with Gasteiger partial charge in [-0.2, -0.15) is 0 Å². The van der Waals surface area contributed by atoms with Gasteiger partial charge < -0.3 is 19.5 Å². The normalized spacial score (nSPS) is 10.8. The summed E-state index contributed by atoms with van der Waals surface area (Å²) in [6.07, 6.45) is 0. The van der Waals surface area contributed by atoms with Gasteiger partial charge in [-0.15, -0.1) is 0 Å². The molecule has 3 aromatic rings. The summed E-state index contributed by atoms with van der Waals surface area (Å²) < 4.78 is 15.9. The Labute approximate surface area is 174 Å². The fourth-order valence-corrected chi connectivity index (χ4v) is 2.85. The number of para-hydroxylation sites is 2.